The number of para-hydroxylation sites is 2. The average Bonchev–Trinajstić information content (AvgIpc) is 2.63. The molecule has 0 aliphatic carbocycles. The van der Waals surface area contributed by atoms with Crippen LogP contribution in [0.2, 0.25) is 0 Å². The van der Waals surface area contributed by atoms with Crippen LogP contribution in [0.25, 0.3) is 0 Å². The number of hydrogen-bond donors (Lipinski definition) is 4. The predicted molar refractivity (Wildman–Crippen MR) is 89.3 cm³/mol. The topological polar surface area (TPSA) is 64.5 Å². The molecule has 4 heteroatoms. The van der Waals surface area contributed by atoms with Gasteiger partial charge in [0.1, 0.15) is 12.0 Å². The Bertz CT molecular complexity index is 657. The summed E-state index contributed by atoms with van der Waals surface area (Å²) in [6, 6.07) is 13.7. The number of hydrogen-bond acceptors (Lipinski definition) is 4. The maximum absolute atomic E-state index is 9.96. The van der Waals surface area contributed by atoms with E-state index in [4.69, 9.17) is 0 Å². The van der Waals surface area contributed by atoms with Crippen LogP contribution < -0.4 is 10.6 Å². The monoisotopic (exact) mass is 298 g/mol. The van der Waals surface area contributed by atoms with Crippen LogP contribution in [0.3, 0.4) is 0 Å². The van der Waals surface area contributed by atoms with Gasteiger partial charge in [0, 0.05) is 12.5 Å². The molecule has 2 aromatic rings. The number of benzene rings is 2. The van der Waals surface area contributed by atoms with Crippen LogP contribution in [-0.2, 0) is 12.8 Å². The van der Waals surface area contributed by atoms with E-state index in [1.165, 1.54) is 5.56 Å². The Kier molecular flexibility index (Phi) is 4.20. The number of fused-ring (bicyclic) bond motifs is 1. The first-order valence-corrected chi connectivity index (χ1v) is 7.73. The van der Waals surface area contributed by atoms with Gasteiger partial charge in [-0.05, 0) is 43.0 Å². The molecule has 1 aliphatic heterocycles. The Labute approximate surface area is 130 Å². The Morgan fingerprint density at radius 1 is 1.00 bits per heavy atom. The lowest BCUT2D eigenvalue weighted by Crippen LogP contribution is -2.23. The lowest BCUT2D eigenvalue weighted by atomic mass is 10.0. The van der Waals surface area contributed by atoms with Crippen LogP contribution in [0.15, 0.2) is 42.5 Å². The van der Waals surface area contributed by atoms with Crippen LogP contribution in [0.4, 0.5) is 11.4 Å². The second-order valence-corrected chi connectivity index (χ2v) is 5.91. The normalized spacial score (nSPS) is 20.5. The van der Waals surface area contributed by atoms with Gasteiger partial charge in [0.05, 0.1) is 11.4 Å². The molecule has 0 radical (unpaired) electrons. The summed E-state index contributed by atoms with van der Waals surface area (Å²) in [6.45, 7) is 2.07. The summed E-state index contributed by atoms with van der Waals surface area (Å²) >= 11 is 0. The van der Waals surface area contributed by atoms with Crippen molar-refractivity contribution in [3.8, 4) is 5.75 Å². The molecule has 0 saturated carbocycles. The standard InChI is InChI=1S/C18H22N2O2/c1-12-11-17(22)20-15-7-4-6-14(18(15)19-12)10-9-13-5-2-3-8-16(13)21/h2-8,12,17,19-22H,9-11H2,1H3/t12-,17?/m1/s1. The molecule has 116 valence electrons. The van der Waals surface area contributed by atoms with Crippen LogP contribution >= 0.6 is 0 Å². The highest BCUT2D eigenvalue weighted by Gasteiger charge is 2.19. The average molecular weight is 298 g/mol. The van der Waals surface area contributed by atoms with Crippen molar-refractivity contribution in [1.82, 2.24) is 0 Å². The lowest BCUT2D eigenvalue weighted by molar-refractivity contribution is 0.190. The van der Waals surface area contributed by atoms with Crippen molar-refractivity contribution in [3.63, 3.8) is 0 Å². The minimum absolute atomic E-state index is 0.204. The van der Waals surface area contributed by atoms with E-state index in [9.17, 15) is 10.2 Å². The maximum Gasteiger partial charge on any atom is 0.126 e. The van der Waals surface area contributed by atoms with E-state index in [2.05, 4.69) is 23.6 Å². The zero-order valence-corrected chi connectivity index (χ0v) is 12.7. The summed E-state index contributed by atoms with van der Waals surface area (Å²) in [7, 11) is 0. The second-order valence-electron chi connectivity index (χ2n) is 5.91. The fourth-order valence-electron chi connectivity index (χ4n) is 2.97. The molecule has 0 amide bonds. The van der Waals surface area contributed by atoms with Crippen molar-refractivity contribution >= 4 is 11.4 Å². The van der Waals surface area contributed by atoms with Gasteiger partial charge in [-0.25, -0.2) is 0 Å². The number of anilines is 2. The van der Waals surface area contributed by atoms with Crippen molar-refractivity contribution < 1.29 is 10.2 Å². The van der Waals surface area contributed by atoms with Gasteiger partial charge in [-0.15, -0.1) is 0 Å². The molecule has 3 rings (SSSR count). The molecule has 1 heterocycles. The zero-order valence-electron chi connectivity index (χ0n) is 12.7. The molecule has 4 N–H and O–H groups in total. The van der Waals surface area contributed by atoms with Crippen molar-refractivity contribution in [2.45, 2.75) is 38.5 Å². The predicted octanol–water partition coefficient (Wildman–Crippen LogP) is 3.11. The minimum Gasteiger partial charge on any atom is -0.508 e. The van der Waals surface area contributed by atoms with Gasteiger partial charge < -0.3 is 20.8 Å². The number of aliphatic hydroxyl groups is 1. The summed E-state index contributed by atoms with van der Waals surface area (Å²) in [5.41, 5.74) is 4.14. The summed E-state index contributed by atoms with van der Waals surface area (Å²) in [4.78, 5) is 0. The van der Waals surface area contributed by atoms with E-state index in [1.807, 2.05) is 30.3 Å². The van der Waals surface area contributed by atoms with E-state index in [0.717, 1.165) is 29.8 Å². The Balaban J connectivity index is 1.83. The molecule has 0 fully saturated rings. The van der Waals surface area contributed by atoms with Crippen LogP contribution in [0, 0.1) is 0 Å². The summed E-state index contributed by atoms with van der Waals surface area (Å²) in [6.07, 6.45) is 1.74. The van der Waals surface area contributed by atoms with Gasteiger partial charge in [0.25, 0.3) is 0 Å². The molecule has 22 heavy (non-hydrogen) atoms. The highest BCUT2D eigenvalue weighted by Crippen LogP contribution is 2.32. The largest absolute Gasteiger partial charge is 0.508 e. The van der Waals surface area contributed by atoms with Crippen LogP contribution in [0.1, 0.15) is 24.5 Å². The number of nitrogens with one attached hydrogen (secondary N) is 2. The van der Waals surface area contributed by atoms with E-state index in [-0.39, 0.29) is 6.04 Å². The fraction of sp³-hybridized carbons (Fsp3) is 0.333. The second kappa shape index (κ2) is 6.28. The number of phenols is 1. The number of rotatable bonds is 3. The molecule has 4 nitrogen and oxygen atoms in total. The first kappa shape index (κ1) is 14.7. The molecular formula is C18H22N2O2. The van der Waals surface area contributed by atoms with Crippen LogP contribution in [-0.4, -0.2) is 22.5 Å². The van der Waals surface area contributed by atoms with E-state index in [0.29, 0.717) is 12.2 Å². The molecule has 0 saturated heterocycles. The molecule has 2 aromatic carbocycles. The van der Waals surface area contributed by atoms with Gasteiger partial charge >= 0.3 is 0 Å². The Morgan fingerprint density at radius 2 is 1.73 bits per heavy atom. The number of aromatic hydroxyl groups is 1. The smallest absolute Gasteiger partial charge is 0.126 e. The maximum atomic E-state index is 9.96. The lowest BCUT2D eigenvalue weighted by Gasteiger charge is -2.17. The van der Waals surface area contributed by atoms with Gasteiger partial charge in [-0.3, -0.25) is 0 Å². The summed E-state index contributed by atoms with van der Waals surface area (Å²) in [5.74, 6) is 0.347. The fourth-order valence-corrected chi connectivity index (χ4v) is 2.97. The van der Waals surface area contributed by atoms with E-state index < -0.39 is 6.23 Å². The number of phenolic OH excluding ortho intramolecular Hbond substituents is 1. The van der Waals surface area contributed by atoms with Gasteiger partial charge in [-0.1, -0.05) is 30.3 Å². The third-order valence-electron chi connectivity index (χ3n) is 4.10. The van der Waals surface area contributed by atoms with Gasteiger partial charge in [-0.2, -0.15) is 0 Å². The number of aryl methyl sites for hydroxylation is 2. The summed E-state index contributed by atoms with van der Waals surface area (Å²) in [5, 5.41) is 26.5. The number of aliphatic hydroxyl groups excluding tert-OH is 1. The SMILES string of the molecule is C[C@@H]1CC(O)Nc2cccc(CCc3ccccc3O)c2N1. The molecular weight excluding hydrogens is 276 g/mol. The molecule has 0 spiro atoms. The van der Waals surface area contributed by atoms with Crippen molar-refractivity contribution in [2.75, 3.05) is 10.6 Å². The van der Waals surface area contributed by atoms with E-state index >= 15 is 0 Å². The van der Waals surface area contributed by atoms with Crippen molar-refractivity contribution in [1.29, 1.82) is 0 Å². The highest BCUT2D eigenvalue weighted by molar-refractivity contribution is 5.74. The third-order valence-corrected chi connectivity index (χ3v) is 4.10. The molecule has 0 bridgehead atoms. The first-order chi connectivity index (χ1) is 10.6. The zero-order chi connectivity index (χ0) is 15.5. The van der Waals surface area contributed by atoms with Gasteiger partial charge in [0.2, 0.25) is 0 Å². The van der Waals surface area contributed by atoms with E-state index in [1.54, 1.807) is 6.07 Å². The Morgan fingerprint density at radius 3 is 2.55 bits per heavy atom. The Hall–Kier alpha value is -2.20. The quantitative estimate of drug-likeness (QED) is 0.703. The minimum atomic E-state index is -0.530. The molecule has 1 aliphatic rings. The van der Waals surface area contributed by atoms with Gasteiger partial charge in [0.15, 0.2) is 0 Å². The first-order valence-electron chi connectivity index (χ1n) is 7.73. The molecule has 2 atom stereocenters. The third kappa shape index (κ3) is 3.17. The molecule has 1 unspecified atom stereocenters. The molecule has 0 aromatic heterocycles. The van der Waals surface area contributed by atoms with Crippen molar-refractivity contribution in [2.24, 2.45) is 0 Å². The summed E-state index contributed by atoms with van der Waals surface area (Å²) < 4.78 is 0. The van der Waals surface area contributed by atoms with Crippen LogP contribution in [0.5, 0.6) is 5.75 Å². The highest BCUT2D eigenvalue weighted by atomic mass is 16.3. The van der Waals surface area contributed by atoms with Crippen molar-refractivity contribution in [3.05, 3.63) is 53.6 Å².